The van der Waals surface area contributed by atoms with Gasteiger partial charge in [0.1, 0.15) is 5.69 Å². The molecule has 0 fully saturated rings. The Morgan fingerprint density at radius 2 is 2.20 bits per heavy atom. The van der Waals surface area contributed by atoms with Gasteiger partial charge in [-0.05, 0) is 25.1 Å². The number of carboxylic acid groups (broad SMARTS) is 1. The molecule has 0 saturated carbocycles. The molecule has 1 aliphatic rings. The number of rotatable bonds is 2. The Morgan fingerprint density at radius 1 is 1.44 bits per heavy atom. The number of hydrogen-bond donors (Lipinski definition) is 2. The predicted octanol–water partition coefficient (Wildman–Crippen LogP) is 1.53. The number of carbonyl (C=O) groups is 3. The van der Waals surface area contributed by atoms with Crippen LogP contribution < -0.4 is 5.32 Å². The Balaban J connectivity index is 1.92. The van der Waals surface area contributed by atoms with Crippen LogP contribution in [0.1, 0.15) is 33.3 Å². The van der Waals surface area contributed by atoms with Gasteiger partial charge >= 0.3 is 6.09 Å². The fourth-order valence-corrected chi connectivity index (χ4v) is 2.70. The van der Waals surface area contributed by atoms with Crippen LogP contribution in [0.3, 0.4) is 0 Å². The fraction of sp³-hybridized carbons (Fsp3) is 0.188. The van der Waals surface area contributed by atoms with E-state index in [2.05, 4.69) is 10.4 Å². The van der Waals surface area contributed by atoms with Crippen LogP contribution >= 0.6 is 0 Å². The second kappa shape index (κ2) is 6.09. The number of fused-ring (bicyclic) bond motifs is 1. The molecule has 0 saturated heterocycles. The Bertz CT molecular complexity index is 927. The molecule has 3 rings (SSSR count). The molecule has 9 heteroatoms. The van der Waals surface area contributed by atoms with E-state index < -0.39 is 23.9 Å². The molecular weight excluding hydrogens is 326 g/mol. The third-order valence-electron chi connectivity index (χ3n) is 3.84. The van der Waals surface area contributed by atoms with Crippen molar-refractivity contribution < 1.29 is 19.5 Å². The highest BCUT2D eigenvalue weighted by atomic mass is 16.4. The molecule has 0 radical (unpaired) electrons. The molecule has 1 aliphatic heterocycles. The molecule has 1 atom stereocenters. The summed E-state index contributed by atoms with van der Waals surface area (Å²) in [6, 6.07) is 7.67. The van der Waals surface area contributed by atoms with Gasteiger partial charge in [-0.3, -0.25) is 14.3 Å². The Hall–Kier alpha value is -3.67. The van der Waals surface area contributed by atoms with E-state index in [9.17, 15) is 19.5 Å². The standard InChI is InChI=1S/C16H13N5O4/c1-9-8-20-13(15(23)21(9)16(24)25)12(7-18-20)14(22)19-11-4-2-3-10(5-11)6-17/h2-5,7,9H,8H2,1H3,(H,19,22)(H,24,25)/t9-/m1/s1. The number of nitrogens with one attached hydrogen (secondary N) is 1. The van der Waals surface area contributed by atoms with Gasteiger partial charge in [0.15, 0.2) is 0 Å². The van der Waals surface area contributed by atoms with Crippen molar-refractivity contribution in [2.75, 3.05) is 5.32 Å². The zero-order valence-electron chi connectivity index (χ0n) is 13.1. The first kappa shape index (κ1) is 16.2. The Morgan fingerprint density at radius 3 is 2.88 bits per heavy atom. The monoisotopic (exact) mass is 339 g/mol. The van der Waals surface area contributed by atoms with Crippen molar-refractivity contribution in [2.45, 2.75) is 19.5 Å². The molecule has 1 aromatic heterocycles. The molecule has 0 aliphatic carbocycles. The normalized spacial score (nSPS) is 16.1. The summed E-state index contributed by atoms with van der Waals surface area (Å²) < 4.78 is 1.33. The molecule has 2 heterocycles. The minimum Gasteiger partial charge on any atom is -0.465 e. The van der Waals surface area contributed by atoms with Crippen LogP contribution in [0.4, 0.5) is 10.5 Å². The molecule has 0 bridgehead atoms. The van der Waals surface area contributed by atoms with Crippen LogP contribution in [-0.4, -0.2) is 43.7 Å². The zero-order valence-corrected chi connectivity index (χ0v) is 13.1. The average molecular weight is 339 g/mol. The van der Waals surface area contributed by atoms with Crippen LogP contribution in [0.5, 0.6) is 0 Å². The summed E-state index contributed by atoms with van der Waals surface area (Å²) in [7, 11) is 0. The summed E-state index contributed by atoms with van der Waals surface area (Å²) in [6.45, 7) is 1.76. The molecule has 25 heavy (non-hydrogen) atoms. The largest absolute Gasteiger partial charge is 0.465 e. The van der Waals surface area contributed by atoms with E-state index in [1.54, 1.807) is 25.1 Å². The van der Waals surface area contributed by atoms with Gasteiger partial charge < -0.3 is 10.4 Å². The maximum Gasteiger partial charge on any atom is 0.414 e. The van der Waals surface area contributed by atoms with Gasteiger partial charge in [0, 0.05) is 5.69 Å². The van der Waals surface area contributed by atoms with Gasteiger partial charge in [-0.2, -0.15) is 10.4 Å². The Kier molecular flexibility index (Phi) is 3.94. The molecule has 2 aromatic rings. The minimum absolute atomic E-state index is 0.0227. The highest BCUT2D eigenvalue weighted by molar-refractivity contribution is 6.13. The fourth-order valence-electron chi connectivity index (χ4n) is 2.70. The lowest BCUT2D eigenvalue weighted by atomic mass is 10.1. The molecule has 126 valence electrons. The molecule has 0 unspecified atom stereocenters. The highest BCUT2D eigenvalue weighted by Crippen LogP contribution is 2.22. The average Bonchev–Trinajstić information content (AvgIpc) is 2.98. The second-order valence-electron chi connectivity index (χ2n) is 5.54. The van der Waals surface area contributed by atoms with Crippen LogP contribution in [0.15, 0.2) is 30.5 Å². The third-order valence-corrected chi connectivity index (χ3v) is 3.84. The summed E-state index contributed by atoms with van der Waals surface area (Å²) in [6.07, 6.45) is -0.146. The van der Waals surface area contributed by atoms with E-state index >= 15 is 0 Å². The first-order valence-corrected chi connectivity index (χ1v) is 7.36. The van der Waals surface area contributed by atoms with E-state index in [1.807, 2.05) is 6.07 Å². The van der Waals surface area contributed by atoms with E-state index in [0.29, 0.717) is 16.2 Å². The van der Waals surface area contributed by atoms with Crippen molar-refractivity contribution in [3.8, 4) is 6.07 Å². The van der Waals surface area contributed by atoms with Gasteiger partial charge in [-0.25, -0.2) is 9.69 Å². The number of nitriles is 1. The lowest BCUT2D eigenvalue weighted by Gasteiger charge is -2.29. The number of aromatic nitrogens is 2. The summed E-state index contributed by atoms with van der Waals surface area (Å²) in [4.78, 5) is 36.9. The van der Waals surface area contributed by atoms with E-state index in [0.717, 1.165) is 0 Å². The van der Waals surface area contributed by atoms with Gasteiger partial charge in [0.2, 0.25) is 0 Å². The topological polar surface area (TPSA) is 128 Å². The number of anilines is 1. The number of amides is 3. The van der Waals surface area contributed by atoms with Gasteiger partial charge in [0.25, 0.3) is 11.8 Å². The van der Waals surface area contributed by atoms with Crippen LogP contribution in [-0.2, 0) is 6.54 Å². The molecule has 2 N–H and O–H groups in total. The number of benzene rings is 1. The predicted molar refractivity (Wildman–Crippen MR) is 85.0 cm³/mol. The first-order valence-electron chi connectivity index (χ1n) is 7.36. The maximum atomic E-state index is 12.5. The van der Waals surface area contributed by atoms with Crippen LogP contribution in [0, 0.1) is 11.3 Å². The zero-order chi connectivity index (χ0) is 18.1. The molecule has 1 aromatic carbocycles. The van der Waals surface area contributed by atoms with Crippen molar-refractivity contribution in [3.63, 3.8) is 0 Å². The van der Waals surface area contributed by atoms with Gasteiger partial charge in [-0.15, -0.1) is 0 Å². The summed E-state index contributed by atoms with van der Waals surface area (Å²) in [5.41, 5.74) is 0.660. The van der Waals surface area contributed by atoms with Crippen molar-refractivity contribution in [2.24, 2.45) is 0 Å². The molecule has 3 amide bonds. The van der Waals surface area contributed by atoms with E-state index in [-0.39, 0.29) is 17.8 Å². The lowest BCUT2D eigenvalue weighted by Crippen LogP contribution is -2.49. The smallest absolute Gasteiger partial charge is 0.414 e. The number of nitrogens with zero attached hydrogens (tertiary/aromatic N) is 4. The SMILES string of the molecule is C[C@@H]1Cn2ncc(C(=O)Nc3cccc(C#N)c3)c2C(=O)N1C(=O)O. The number of carbonyl (C=O) groups excluding carboxylic acids is 2. The van der Waals surface area contributed by atoms with Crippen molar-refractivity contribution >= 4 is 23.6 Å². The van der Waals surface area contributed by atoms with Crippen LogP contribution in [0.25, 0.3) is 0 Å². The van der Waals surface area contributed by atoms with Crippen LogP contribution in [0.2, 0.25) is 0 Å². The van der Waals surface area contributed by atoms with E-state index in [1.165, 1.54) is 16.9 Å². The van der Waals surface area contributed by atoms with Crippen molar-refractivity contribution in [1.29, 1.82) is 5.26 Å². The lowest BCUT2D eigenvalue weighted by molar-refractivity contribution is 0.0594. The number of imide groups is 1. The van der Waals surface area contributed by atoms with Crippen molar-refractivity contribution in [3.05, 3.63) is 47.3 Å². The van der Waals surface area contributed by atoms with Gasteiger partial charge in [0.05, 0.1) is 36.0 Å². The second-order valence-corrected chi connectivity index (χ2v) is 5.54. The quantitative estimate of drug-likeness (QED) is 0.854. The minimum atomic E-state index is -1.38. The van der Waals surface area contributed by atoms with Crippen molar-refractivity contribution in [1.82, 2.24) is 14.7 Å². The Labute approximate surface area is 142 Å². The highest BCUT2D eigenvalue weighted by Gasteiger charge is 2.38. The third kappa shape index (κ3) is 2.81. The summed E-state index contributed by atoms with van der Waals surface area (Å²) in [5, 5.41) is 24.7. The first-order chi connectivity index (χ1) is 11.9. The molecule has 9 nitrogen and oxygen atoms in total. The maximum absolute atomic E-state index is 12.5. The summed E-state index contributed by atoms with van der Waals surface area (Å²) in [5.74, 6) is -1.40. The summed E-state index contributed by atoms with van der Waals surface area (Å²) >= 11 is 0. The van der Waals surface area contributed by atoms with E-state index in [4.69, 9.17) is 5.26 Å². The van der Waals surface area contributed by atoms with Gasteiger partial charge in [-0.1, -0.05) is 6.07 Å². The number of hydrogen-bond acceptors (Lipinski definition) is 5. The molecule has 0 spiro atoms. The molecular formula is C16H13N5O4.